The van der Waals surface area contributed by atoms with Crippen molar-refractivity contribution in [2.45, 2.75) is 13.0 Å². The molecule has 1 aromatic heterocycles. The largest absolute Gasteiger partial charge is 0.324 e. The highest BCUT2D eigenvalue weighted by molar-refractivity contribution is 6.42. The van der Waals surface area contributed by atoms with Crippen LogP contribution in [0.4, 0.5) is 25.8 Å². The lowest BCUT2D eigenvalue weighted by molar-refractivity contribution is 0.0982. The van der Waals surface area contributed by atoms with Crippen LogP contribution in [0.1, 0.15) is 21.6 Å². The highest BCUT2D eigenvalue weighted by atomic mass is 35.5. The Bertz CT molecular complexity index is 1330. The van der Waals surface area contributed by atoms with Gasteiger partial charge in [-0.1, -0.05) is 23.2 Å². The molecule has 0 spiro atoms. The Hall–Kier alpha value is -2.94. The van der Waals surface area contributed by atoms with E-state index in [1.165, 1.54) is 11.0 Å². The summed E-state index contributed by atoms with van der Waals surface area (Å²) in [5, 5.41) is 3.95. The topological polar surface area (TPSA) is 68.4 Å². The van der Waals surface area contributed by atoms with Crippen LogP contribution in [0.15, 0.2) is 41.2 Å². The smallest absolute Gasteiger partial charge is 0.262 e. The molecule has 1 amide bonds. The van der Waals surface area contributed by atoms with Gasteiger partial charge in [-0.15, -0.1) is 0 Å². The van der Waals surface area contributed by atoms with Crippen molar-refractivity contribution in [3.05, 3.63) is 85.3 Å². The van der Waals surface area contributed by atoms with Gasteiger partial charge in [-0.05, 0) is 24.3 Å². The van der Waals surface area contributed by atoms with E-state index in [2.05, 4.69) is 10.3 Å². The lowest BCUT2D eigenvalue weighted by Gasteiger charge is -2.39. The van der Waals surface area contributed by atoms with E-state index in [9.17, 15) is 18.4 Å². The number of rotatable bonds is 0. The first-order valence-corrected chi connectivity index (χ1v) is 10.6. The number of amides is 1. The van der Waals surface area contributed by atoms with Gasteiger partial charge in [-0.2, -0.15) is 0 Å². The minimum Gasteiger partial charge on any atom is -0.324 e. The zero-order valence-electron chi connectivity index (χ0n) is 16.5. The monoisotopic (exact) mass is 476 g/mol. The lowest BCUT2D eigenvalue weighted by Crippen LogP contribution is -2.46. The number of aromatic nitrogens is 1. The summed E-state index contributed by atoms with van der Waals surface area (Å²) in [6.07, 6.45) is 0.424. The molecule has 6 nitrogen and oxygen atoms in total. The van der Waals surface area contributed by atoms with Crippen molar-refractivity contribution < 1.29 is 13.6 Å². The molecule has 0 unspecified atom stereocenters. The average Bonchev–Trinajstić information content (AvgIpc) is 2.79. The number of fused-ring (bicyclic) bond motifs is 8. The van der Waals surface area contributed by atoms with Crippen molar-refractivity contribution in [2.24, 2.45) is 0 Å². The van der Waals surface area contributed by atoms with Gasteiger partial charge in [0.15, 0.2) is 11.6 Å². The predicted molar refractivity (Wildman–Crippen MR) is 119 cm³/mol. The van der Waals surface area contributed by atoms with Crippen molar-refractivity contribution in [1.29, 1.82) is 0 Å². The molecule has 0 saturated heterocycles. The molecule has 2 aromatic carbocycles. The predicted octanol–water partition coefficient (Wildman–Crippen LogP) is 4.36. The molecule has 164 valence electrons. The van der Waals surface area contributed by atoms with E-state index in [-0.39, 0.29) is 23.5 Å². The Labute approximate surface area is 191 Å². The molecule has 2 aliphatic heterocycles. The summed E-state index contributed by atoms with van der Waals surface area (Å²) in [7, 11) is 0. The van der Waals surface area contributed by atoms with Gasteiger partial charge in [0.2, 0.25) is 5.56 Å². The molecular formula is C22H16Cl2F2N4O2. The quantitative estimate of drug-likeness (QED) is 0.505. The molecule has 0 atom stereocenters. The van der Waals surface area contributed by atoms with Crippen LogP contribution in [0.3, 0.4) is 0 Å². The van der Waals surface area contributed by atoms with Crippen molar-refractivity contribution in [3.63, 3.8) is 0 Å². The minimum absolute atomic E-state index is 0.000904. The fraction of sp³-hybridized carbons (Fsp3) is 0.182. The SMILES string of the molecule is O=C1c2cc(F)c(F)cc2N2CN1c1ccc(=O)[nH]c1CCNCc1c2ccc(Cl)c1Cl. The van der Waals surface area contributed by atoms with Crippen LogP contribution in [0.2, 0.25) is 10.0 Å². The second kappa shape index (κ2) is 7.88. The van der Waals surface area contributed by atoms with Crippen molar-refractivity contribution >= 4 is 46.2 Å². The van der Waals surface area contributed by atoms with Crippen molar-refractivity contribution in [3.8, 4) is 0 Å². The summed E-state index contributed by atoms with van der Waals surface area (Å²) in [6.45, 7) is 0.818. The molecule has 3 heterocycles. The number of nitrogens with zero attached hydrogens (tertiary/aromatic N) is 2. The van der Waals surface area contributed by atoms with Crippen LogP contribution >= 0.6 is 23.2 Å². The van der Waals surface area contributed by atoms with E-state index in [4.69, 9.17) is 23.2 Å². The van der Waals surface area contributed by atoms with Gasteiger partial charge in [0.1, 0.15) is 6.67 Å². The molecule has 0 saturated carbocycles. The van der Waals surface area contributed by atoms with Crippen LogP contribution in [-0.2, 0) is 13.0 Å². The summed E-state index contributed by atoms with van der Waals surface area (Å²) in [5.74, 6) is -2.69. The standard InChI is InChI=1S/C22H16Cl2F2N4O2/c23-13-1-2-17-12(21(13)24)9-27-6-5-16-18(3-4-20(31)28-16)30-10-29(17)19-8-15(26)14(25)7-11(19)22(30)32/h1-4,7-8,27H,5-6,9-10H2,(H,28,31). The summed E-state index contributed by atoms with van der Waals surface area (Å²) in [4.78, 5) is 31.2. The Morgan fingerprint density at radius 1 is 0.906 bits per heavy atom. The number of carbonyl (C=O) groups excluding carboxylic acids is 1. The maximum Gasteiger partial charge on any atom is 0.262 e. The van der Waals surface area contributed by atoms with Crippen LogP contribution in [0.25, 0.3) is 0 Å². The summed E-state index contributed by atoms with van der Waals surface area (Å²) in [6, 6.07) is 8.14. The molecule has 2 N–H and O–H groups in total. The van der Waals surface area contributed by atoms with E-state index >= 15 is 0 Å². The van der Waals surface area contributed by atoms with E-state index < -0.39 is 17.5 Å². The number of hydrogen-bond acceptors (Lipinski definition) is 4. The Morgan fingerprint density at radius 3 is 2.47 bits per heavy atom. The van der Waals surface area contributed by atoms with Gasteiger partial charge in [0.25, 0.3) is 5.91 Å². The van der Waals surface area contributed by atoms with Gasteiger partial charge in [0, 0.05) is 48.6 Å². The Kier molecular flexibility index (Phi) is 5.16. The molecule has 0 aliphatic carbocycles. The van der Waals surface area contributed by atoms with Crippen LogP contribution in [-0.4, -0.2) is 24.1 Å². The zero-order chi connectivity index (χ0) is 22.6. The third kappa shape index (κ3) is 3.35. The number of nitrogens with one attached hydrogen (secondary N) is 2. The Morgan fingerprint density at radius 2 is 1.66 bits per heavy atom. The normalized spacial score (nSPS) is 15.6. The maximum absolute atomic E-state index is 14.2. The van der Waals surface area contributed by atoms with E-state index in [1.807, 2.05) is 0 Å². The highest BCUT2D eigenvalue weighted by Gasteiger charge is 2.35. The first kappa shape index (κ1) is 20.9. The molecule has 2 bridgehead atoms. The number of hydrogen-bond donors (Lipinski definition) is 2. The molecular weight excluding hydrogens is 461 g/mol. The van der Waals surface area contributed by atoms with Crippen molar-refractivity contribution in [1.82, 2.24) is 10.3 Å². The van der Waals surface area contributed by atoms with E-state index in [1.54, 1.807) is 23.1 Å². The van der Waals surface area contributed by atoms with E-state index in [0.29, 0.717) is 52.2 Å². The van der Waals surface area contributed by atoms with Gasteiger partial charge in [-0.3, -0.25) is 14.5 Å². The first-order valence-electron chi connectivity index (χ1n) is 9.83. The molecule has 10 heteroatoms. The third-order valence-electron chi connectivity index (χ3n) is 5.67. The van der Waals surface area contributed by atoms with Crippen LogP contribution < -0.4 is 20.7 Å². The highest BCUT2D eigenvalue weighted by Crippen LogP contribution is 2.42. The molecule has 0 radical (unpaired) electrons. The van der Waals surface area contributed by atoms with Crippen molar-refractivity contribution in [2.75, 3.05) is 23.0 Å². The number of pyridine rings is 1. The average molecular weight is 477 g/mol. The number of carbonyl (C=O) groups is 1. The van der Waals surface area contributed by atoms with Gasteiger partial charge >= 0.3 is 0 Å². The van der Waals surface area contributed by atoms with Crippen LogP contribution in [0.5, 0.6) is 0 Å². The number of halogens is 4. The number of aromatic amines is 1. The second-order valence-electron chi connectivity index (χ2n) is 7.56. The van der Waals surface area contributed by atoms with Gasteiger partial charge < -0.3 is 15.2 Å². The number of H-pyrrole nitrogens is 1. The molecule has 3 aromatic rings. The van der Waals surface area contributed by atoms with Gasteiger partial charge in [0.05, 0.1) is 27.0 Å². The fourth-order valence-electron chi connectivity index (χ4n) is 4.13. The van der Waals surface area contributed by atoms with Crippen LogP contribution in [0, 0.1) is 11.6 Å². The first-order chi connectivity index (χ1) is 15.3. The molecule has 32 heavy (non-hydrogen) atoms. The van der Waals surface area contributed by atoms with Gasteiger partial charge in [-0.25, -0.2) is 8.78 Å². The molecule has 0 fully saturated rings. The molecule has 5 rings (SSSR count). The Balaban J connectivity index is 1.80. The summed E-state index contributed by atoms with van der Waals surface area (Å²) >= 11 is 12.8. The second-order valence-corrected chi connectivity index (χ2v) is 8.34. The minimum atomic E-state index is -1.12. The summed E-state index contributed by atoms with van der Waals surface area (Å²) < 4.78 is 28.4. The summed E-state index contributed by atoms with van der Waals surface area (Å²) in [5.41, 5.74) is 2.21. The number of anilines is 3. The maximum atomic E-state index is 14.2. The molecule has 2 aliphatic rings. The fourth-order valence-corrected chi connectivity index (χ4v) is 4.54. The zero-order valence-corrected chi connectivity index (χ0v) is 18.0. The lowest BCUT2D eigenvalue weighted by atomic mass is 10.0. The number of benzene rings is 2. The third-order valence-corrected chi connectivity index (χ3v) is 6.51. The van der Waals surface area contributed by atoms with E-state index in [0.717, 1.165) is 12.1 Å².